The van der Waals surface area contributed by atoms with Crippen LogP contribution in [0.1, 0.15) is 32.0 Å². The van der Waals surface area contributed by atoms with E-state index in [4.69, 9.17) is 4.74 Å². The van der Waals surface area contributed by atoms with E-state index in [1.165, 1.54) is 12.1 Å². The highest BCUT2D eigenvalue weighted by molar-refractivity contribution is 5.67. The Kier molecular flexibility index (Phi) is 6.38. The summed E-state index contributed by atoms with van der Waals surface area (Å²) in [5.41, 5.74) is 1.75. The highest BCUT2D eigenvalue weighted by Crippen LogP contribution is 2.13. The third-order valence-corrected chi connectivity index (χ3v) is 3.76. The molecule has 2 rings (SSSR count). The van der Waals surface area contributed by atoms with Crippen molar-refractivity contribution in [3.05, 3.63) is 64.0 Å². The van der Waals surface area contributed by atoms with Crippen molar-refractivity contribution in [3.63, 3.8) is 0 Å². The largest absolute Gasteiger partial charge is 0.444 e. The Bertz CT molecular complexity index is 745. The zero-order valence-electron chi connectivity index (χ0n) is 15.4. The van der Waals surface area contributed by atoms with Crippen LogP contribution in [0.5, 0.6) is 0 Å². The quantitative estimate of drug-likeness (QED) is 0.603. The molecule has 0 aliphatic carbocycles. The molecule has 1 aromatic heterocycles. The van der Waals surface area contributed by atoms with Crippen LogP contribution in [0, 0.1) is 10.1 Å². The molecule has 1 N–H and O–H groups in total. The van der Waals surface area contributed by atoms with Crippen LogP contribution < -0.4 is 5.32 Å². The number of aromatic nitrogens is 1. The Morgan fingerprint density at radius 3 is 2.50 bits per heavy atom. The fourth-order valence-corrected chi connectivity index (χ4v) is 2.54. The van der Waals surface area contributed by atoms with E-state index in [9.17, 15) is 14.9 Å². The van der Waals surface area contributed by atoms with Gasteiger partial charge in [-0.1, -0.05) is 12.1 Å². The molecule has 0 spiro atoms. The lowest BCUT2D eigenvalue weighted by molar-refractivity contribution is -0.384. The van der Waals surface area contributed by atoms with Gasteiger partial charge in [0.25, 0.3) is 5.69 Å². The fraction of sp³-hybridized carbons (Fsp3) is 0.421. The maximum absolute atomic E-state index is 11.7. The van der Waals surface area contributed by atoms with Gasteiger partial charge >= 0.3 is 6.09 Å². The molecule has 0 saturated heterocycles. The minimum Gasteiger partial charge on any atom is -0.444 e. The number of non-ortho nitro benzene ring substituents is 1. The lowest BCUT2D eigenvalue weighted by Crippen LogP contribution is -2.33. The van der Waals surface area contributed by atoms with E-state index in [2.05, 4.69) is 9.88 Å². The van der Waals surface area contributed by atoms with Crippen molar-refractivity contribution in [1.82, 2.24) is 9.88 Å². The summed E-state index contributed by atoms with van der Waals surface area (Å²) in [7, 11) is 0. The van der Waals surface area contributed by atoms with Gasteiger partial charge in [-0.3, -0.25) is 10.1 Å². The predicted molar refractivity (Wildman–Crippen MR) is 99.2 cm³/mol. The van der Waals surface area contributed by atoms with Crippen molar-refractivity contribution in [3.8, 4) is 0 Å². The van der Waals surface area contributed by atoms with Crippen LogP contribution in [-0.2, 0) is 24.1 Å². The minimum atomic E-state index is -0.505. The first-order valence-electron chi connectivity index (χ1n) is 8.59. The molecule has 140 valence electrons. The Hall–Kier alpha value is -2.83. The van der Waals surface area contributed by atoms with Gasteiger partial charge in [-0.05, 0) is 44.9 Å². The molecule has 26 heavy (non-hydrogen) atoms. The van der Waals surface area contributed by atoms with Crippen LogP contribution >= 0.6 is 0 Å². The zero-order chi connectivity index (χ0) is 19.2. The van der Waals surface area contributed by atoms with Gasteiger partial charge in [0.15, 0.2) is 0 Å². The topological polar surface area (TPSA) is 86.4 Å². The lowest BCUT2D eigenvalue weighted by atomic mass is 10.1. The average Bonchev–Trinajstić information content (AvgIpc) is 2.99. The number of carbonyl (C=O) groups excluding carboxylic acids is 1. The van der Waals surface area contributed by atoms with E-state index < -0.39 is 16.6 Å². The molecule has 0 aliphatic rings. The van der Waals surface area contributed by atoms with Gasteiger partial charge in [0, 0.05) is 43.5 Å². The Morgan fingerprint density at radius 1 is 1.19 bits per heavy atom. The molecule has 0 saturated carbocycles. The van der Waals surface area contributed by atoms with E-state index >= 15 is 0 Å². The number of nitrogens with zero attached hydrogens (tertiary/aromatic N) is 2. The van der Waals surface area contributed by atoms with Crippen LogP contribution in [0.15, 0.2) is 42.6 Å². The molecule has 0 aliphatic heterocycles. The molecular formula is C19H25N3O4. The monoisotopic (exact) mass is 359 g/mol. The number of hydrogen-bond donors (Lipinski definition) is 1. The second-order valence-electron chi connectivity index (χ2n) is 7.05. The number of aryl methyl sites for hydroxylation is 2. The van der Waals surface area contributed by atoms with Crippen molar-refractivity contribution in [2.45, 2.75) is 45.8 Å². The number of rotatable bonds is 7. The van der Waals surface area contributed by atoms with Crippen molar-refractivity contribution < 1.29 is 14.5 Å². The van der Waals surface area contributed by atoms with Gasteiger partial charge in [0.1, 0.15) is 5.60 Å². The number of amides is 1. The van der Waals surface area contributed by atoms with Crippen molar-refractivity contribution in [2.24, 2.45) is 0 Å². The first kappa shape index (κ1) is 19.5. The minimum absolute atomic E-state index is 0.101. The predicted octanol–water partition coefficient (Wildman–Crippen LogP) is 3.71. The molecule has 0 unspecified atom stereocenters. The average molecular weight is 359 g/mol. The number of nitrogens with one attached hydrogen (secondary N) is 1. The smallest absolute Gasteiger partial charge is 0.407 e. The second-order valence-corrected chi connectivity index (χ2v) is 7.05. The second kappa shape index (κ2) is 8.51. The normalized spacial score (nSPS) is 11.2. The standard InChI is InChI=1S/C19H25N3O4/c1-19(2,3)26-18(23)20-12-10-16-5-4-13-21(16)14-11-15-6-8-17(9-7-15)22(24)25/h4-9,13H,10-12,14H2,1-3H3,(H,20,23). The molecule has 0 atom stereocenters. The van der Waals surface area contributed by atoms with Crippen LogP contribution in [0.4, 0.5) is 10.5 Å². The van der Waals surface area contributed by atoms with Crippen molar-refractivity contribution >= 4 is 11.8 Å². The van der Waals surface area contributed by atoms with Gasteiger partial charge < -0.3 is 14.6 Å². The highest BCUT2D eigenvalue weighted by Gasteiger charge is 2.15. The summed E-state index contributed by atoms with van der Waals surface area (Å²) in [4.78, 5) is 22.0. The van der Waals surface area contributed by atoms with Crippen LogP contribution in [-0.4, -0.2) is 27.7 Å². The molecule has 7 nitrogen and oxygen atoms in total. The van der Waals surface area contributed by atoms with Crippen molar-refractivity contribution in [1.29, 1.82) is 0 Å². The first-order chi connectivity index (χ1) is 12.2. The Morgan fingerprint density at radius 2 is 1.88 bits per heavy atom. The van der Waals surface area contributed by atoms with Crippen LogP contribution in [0.3, 0.4) is 0 Å². The van der Waals surface area contributed by atoms with Gasteiger partial charge in [-0.15, -0.1) is 0 Å². The molecule has 1 heterocycles. The summed E-state index contributed by atoms with van der Waals surface area (Å²) < 4.78 is 7.34. The van der Waals surface area contributed by atoms with E-state index in [0.29, 0.717) is 13.0 Å². The van der Waals surface area contributed by atoms with Crippen molar-refractivity contribution in [2.75, 3.05) is 6.54 Å². The first-order valence-corrected chi connectivity index (χ1v) is 8.59. The zero-order valence-corrected chi connectivity index (χ0v) is 15.4. The van der Waals surface area contributed by atoms with Gasteiger partial charge in [0.05, 0.1) is 4.92 Å². The van der Waals surface area contributed by atoms with E-state index in [0.717, 1.165) is 24.2 Å². The molecule has 7 heteroatoms. The SMILES string of the molecule is CC(C)(C)OC(=O)NCCc1cccn1CCc1ccc([N+](=O)[O-])cc1. The summed E-state index contributed by atoms with van der Waals surface area (Å²) in [6, 6.07) is 10.6. The summed E-state index contributed by atoms with van der Waals surface area (Å²) in [5, 5.41) is 13.4. The molecular weight excluding hydrogens is 334 g/mol. The molecule has 0 bridgehead atoms. The van der Waals surface area contributed by atoms with E-state index in [1.54, 1.807) is 12.1 Å². The molecule has 0 radical (unpaired) electrons. The number of alkyl carbamates (subject to hydrolysis) is 1. The summed E-state index contributed by atoms with van der Waals surface area (Å²) in [5.74, 6) is 0. The number of carbonyl (C=O) groups is 1. The van der Waals surface area contributed by atoms with E-state index in [1.807, 2.05) is 39.1 Å². The van der Waals surface area contributed by atoms with Gasteiger partial charge in [-0.25, -0.2) is 4.79 Å². The molecule has 0 fully saturated rings. The fourth-order valence-electron chi connectivity index (χ4n) is 2.54. The van der Waals surface area contributed by atoms with Crippen LogP contribution in [0.25, 0.3) is 0 Å². The summed E-state index contributed by atoms with van der Waals surface area (Å²) in [6.07, 6.45) is 3.06. The maximum Gasteiger partial charge on any atom is 0.407 e. The Balaban J connectivity index is 1.82. The highest BCUT2D eigenvalue weighted by atomic mass is 16.6. The lowest BCUT2D eigenvalue weighted by Gasteiger charge is -2.19. The van der Waals surface area contributed by atoms with Gasteiger partial charge in [-0.2, -0.15) is 0 Å². The molecule has 2 aromatic rings. The molecule has 1 amide bonds. The number of nitro benzene ring substituents is 1. The summed E-state index contributed by atoms with van der Waals surface area (Å²) >= 11 is 0. The Labute approximate surface area is 153 Å². The number of benzene rings is 1. The number of nitro groups is 1. The number of hydrogen-bond acceptors (Lipinski definition) is 4. The van der Waals surface area contributed by atoms with E-state index in [-0.39, 0.29) is 5.69 Å². The van der Waals surface area contributed by atoms with Gasteiger partial charge in [0.2, 0.25) is 0 Å². The molecule has 1 aromatic carbocycles. The summed E-state index contributed by atoms with van der Waals surface area (Å²) in [6.45, 7) is 6.75. The maximum atomic E-state index is 11.7. The third kappa shape index (κ3) is 6.23. The van der Waals surface area contributed by atoms with Crippen LogP contribution in [0.2, 0.25) is 0 Å². The number of ether oxygens (including phenoxy) is 1. The third-order valence-electron chi connectivity index (χ3n) is 3.76.